The first-order valence-electron chi connectivity index (χ1n) is 7.77. The van der Waals surface area contributed by atoms with Crippen LogP contribution in [0.3, 0.4) is 0 Å². The average Bonchev–Trinajstić information content (AvgIpc) is 3.06. The van der Waals surface area contributed by atoms with Gasteiger partial charge in [-0.05, 0) is 35.0 Å². The fraction of sp³-hybridized carbons (Fsp3) is 0. The molecule has 1 heterocycles. The van der Waals surface area contributed by atoms with Crippen molar-refractivity contribution < 1.29 is 4.42 Å². The summed E-state index contributed by atoms with van der Waals surface area (Å²) in [5.74, 6) is 0.651. The number of aromatic nitrogens is 1. The van der Waals surface area contributed by atoms with Crippen LogP contribution in [-0.2, 0) is 0 Å². The maximum absolute atomic E-state index is 6.14. The summed E-state index contributed by atoms with van der Waals surface area (Å²) >= 11 is 3.72. The third kappa shape index (κ3) is 1.98. The molecule has 0 radical (unpaired) electrons. The molecule has 24 heavy (non-hydrogen) atoms. The van der Waals surface area contributed by atoms with Crippen molar-refractivity contribution in [2.24, 2.45) is 0 Å². The van der Waals surface area contributed by atoms with Crippen LogP contribution in [0.1, 0.15) is 0 Å². The number of hydrogen-bond acceptors (Lipinski definition) is 2. The Labute approximate surface area is 146 Å². The maximum atomic E-state index is 6.14. The van der Waals surface area contributed by atoms with Crippen molar-refractivity contribution in [2.45, 2.75) is 0 Å². The molecule has 0 N–H and O–H groups in total. The van der Waals surface area contributed by atoms with Crippen molar-refractivity contribution in [1.82, 2.24) is 4.98 Å². The molecule has 3 heteroatoms. The fourth-order valence-electron chi connectivity index (χ4n) is 3.24. The Hall–Kier alpha value is -2.65. The van der Waals surface area contributed by atoms with Gasteiger partial charge in [0.15, 0.2) is 5.58 Å². The van der Waals surface area contributed by atoms with E-state index in [1.54, 1.807) is 0 Å². The van der Waals surface area contributed by atoms with Gasteiger partial charge in [-0.2, -0.15) is 0 Å². The smallest absolute Gasteiger partial charge is 0.227 e. The summed E-state index contributed by atoms with van der Waals surface area (Å²) < 4.78 is 7.18. The van der Waals surface area contributed by atoms with Gasteiger partial charge in [0, 0.05) is 20.8 Å². The minimum atomic E-state index is 0.651. The van der Waals surface area contributed by atoms with Gasteiger partial charge in [0.05, 0.1) is 0 Å². The summed E-state index contributed by atoms with van der Waals surface area (Å²) in [5, 5.41) is 4.67. The van der Waals surface area contributed by atoms with E-state index < -0.39 is 0 Å². The molecule has 0 spiro atoms. The lowest BCUT2D eigenvalue weighted by Crippen LogP contribution is -1.81. The van der Waals surface area contributed by atoms with Crippen LogP contribution in [0.5, 0.6) is 0 Å². The van der Waals surface area contributed by atoms with Crippen LogP contribution in [0.15, 0.2) is 81.7 Å². The normalized spacial score (nSPS) is 11.5. The highest BCUT2D eigenvalue weighted by Crippen LogP contribution is 2.38. The van der Waals surface area contributed by atoms with Crippen molar-refractivity contribution in [3.8, 4) is 11.5 Å². The molecule has 0 bridgehead atoms. The molecule has 114 valence electrons. The zero-order valence-electron chi connectivity index (χ0n) is 12.7. The number of benzene rings is 4. The maximum Gasteiger partial charge on any atom is 0.227 e. The first kappa shape index (κ1) is 13.8. The molecular formula is C21H12BrNO. The minimum Gasteiger partial charge on any atom is -0.435 e. The van der Waals surface area contributed by atoms with Gasteiger partial charge in [-0.15, -0.1) is 0 Å². The SMILES string of the molecule is Brc1cc2nc(-c3ccccc3)oc2c2ccc3ccccc3c12. The van der Waals surface area contributed by atoms with Gasteiger partial charge < -0.3 is 4.42 Å². The van der Waals surface area contributed by atoms with Gasteiger partial charge in [-0.25, -0.2) is 4.98 Å². The van der Waals surface area contributed by atoms with Crippen molar-refractivity contribution in [3.63, 3.8) is 0 Å². The van der Waals surface area contributed by atoms with E-state index in [-0.39, 0.29) is 0 Å². The van der Waals surface area contributed by atoms with Crippen LogP contribution < -0.4 is 0 Å². The predicted molar refractivity (Wildman–Crippen MR) is 102 cm³/mol. The highest BCUT2D eigenvalue weighted by Gasteiger charge is 2.14. The third-order valence-corrected chi connectivity index (χ3v) is 4.98. The van der Waals surface area contributed by atoms with Gasteiger partial charge in [-0.3, -0.25) is 0 Å². The average molecular weight is 374 g/mol. The van der Waals surface area contributed by atoms with Gasteiger partial charge in [-0.1, -0.05) is 64.5 Å². The molecule has 0 unspecified atom stereocenters. The molecule has 0 aliphatic rings. The van der Waals surface area contributed by atoms with Crippen molar-refractivity contribution in [3.05, 3.63) is 77.3 Å². The Bertz CT molecular complexity index is 1210. The van der Waals surface area contributed by atoms with Crippen LogP contribution >= 0.6 is 15.9 Å². The third-order valence-electron chi connectivity index (χ3n) is 4.35. The van der Waals surface area contributed by atoms with Crippen LogP contribution in [-0.4, -0.2) is 4.98 Å². The Morgan fingerprint density at radius 1 is 0.792 bits per heavy atom. The molecule has 0 aliphatic heterocycles. The highest BCUT2D eigenvalue weighted by atomic mass is 79.9. The molecule has 4 aromatic carbocycles. The molecule has 0 saturated heterocycles. The Balaban J connectivity index is 1.90. The minimum absolute atomic E-state index is 0.651. The largest absolute Gasteiger partial charge is 0.435 e. The molecule has 0 saturated carbocycles. The zero-order chi connectivity index (χ0) is 16.1. The van der Waals surface area contributed by atoms with Crippen molar-refractivity contribution in [2.75, 3.05) is 0 Å². The van der Waals surface area contributed by atoms with Crippen LogP contribution in [0.25, 0.3) is 44.1 Å². The van der Waals surface area contributed by atoms with Gasteiger partial charge in [0.25, 0.3) is 0 Å². The van der Waals surface area contributed by atoms with Crippen LogP contribution in [0.4, 0.5) is 0 Å². The number of hydrogen-bond donors (Lipinski definition) is 0. The summed E-state index contributed by atoms with van der Waals surface area (Å²) in [7, 11) is 0. The molecule has 2 nitrogen and oxygen atoms in total. The number of oxazole rings is 1. The summed E-state index contributed by atoms with van der Waals surface area (Å²) in [5.41, 5.74) is 2.68. The summed E-state index contributed by atoms with van der Waals surface area (Å²) in [6, 6.07) is 24.7. The standard InChI is InChI=1S/C21H12BrNO/c22-17-12-18-20(24-21(23-18)14-7-2-1-3-8-14)16-11-10-13-6-4-5-9-15(13)19(16)17/h1-12H. The quantitative estimate of drug-likeness (QED) is 0.311. The predicted octanol–water partition coefficient (Wildman–Crippen LogP) is 6.56. The van der Waals surface area contributed by atoms with E-state index in [1.165, 1.54) is 10.8 Å². The number of fused-ring (bicyclic) bond motifs is 5. The Morgan fingerprint density at radius 2 is 1.58 bits per heavy atom. The van der Waals surface area contributed by atoms with Crippen molar-refractivity contribution in [1.29, 1.82) is 0 Å². The lowest BCUT2D eigenvalue weighted by atomic mass is 10.0. The molecule has 5 aromatic rings. The second-order valence-electron chi connectivity index (χ2n) is 5.80. The number of nitrogens with zero attached hydrogens (tertiary/aromatic N) is 1. The lowest BCUT2D eigenvalue weighted by Gasteiger charge is -2.06. The lowest BCUT2D eigenvalue weighted by molar-refractivity contribution is 0.623. The summed E-state index contributed by atoms with van der Waals surface area (Å²) in [6.45, 7) is 0. The molecule has 1 aromatic heterocycles. The van der Waals surface area contributed by atoms with E-state index in [0.29, 0.717) is 5.89 Å². The monoisotopic (exact) mass is 373 g/mol. The number of rotatable bonds is 1. The van der Waals surface area contributed by atoms with Crippen molar-refractivity contribution >= 4 is 48.6 Å². The Morgan fingerprint density at radius 3 is 2.46 bits per heavy atom. The van der Waals surface area contributed by atoms with Gasteiger partial charge in [0.2, 0.25) is 5.89 Å². The molecule has 0 fully saturated rings. The molecule has 0 amide bonds. The highest BCUT2D eigenvalue weighted by molar-refractivity contribution is 9.10. The molecule has 0 atom stereocenters. The first-order valence-corrected chi connectivity index (χ1v) is 8.56. The van der Waals surface area contributed by atoms with Gasteiger partial charge in [0.1, 0.15) is 5.52 Å². The van der Waals surface area contributed by atoms with E-state index in [2.05, 4.69) is 57.3 Å². The van der Waals surface area contributed by atoms with Crippen LogP contribution in [0, 0.1) is 0 Å². The topological polar surface area (TPSA) is 26.0 Å². The molecule has 5 rings (SSSR count). The Kier molecular flexibility index (Phi) is 2.97. The fourth-order valence-corrected chi connectivity index (χ4v) is 3.88. The van der Waals surface area contributed by atoms with Gasteiger partial charge >= 0.3 is 0 Å². The second kappa shape index (κ2) is 5.18. The van der Waals surface area contributed by atoms with E-state index in [9.17, 15) is 0 Å². The molecule has 0 aliphatic carbocycles. The number of halogens is 1. The van der Waals surface area contributed by atoms with Crippen LogP contribution in [0.2, 0.25) is 0 Å². The van der Waals surface area contributed by atoms with E-state index in [0.717, 1.165) is 31.9 Å². The second-order valence-corrected chi connectivity index (χ2v) is 6.66. The first-order chi connectivity index (χ1) is 11.8. The summed E-state index contributed by atoms with van der Waals surface area (Å²) in [4.78, 5) is 4.68. The van der Waals surface area contributed by atoms with E-state index >= 15 is 0 Å². The molecular weight excluding hydrogens is 362 g/mol. The zero-order valence-corrected chi connectivity index (χ0v) is 14.2. The van der Waals surface area contributed by atoms with E-state index in [1.807, 2.05) is 36.4 Å². The summed E-state index contributed by atoms with van der Waals surface area (Å²) in [6.07, 6.45) is 0. The van der Waals surface area contributed by atoms with E-state index in [4.69, 9.17) is 4.42 Å².